The highest BCUT2D eigenvalue weighted by Crippen LogP contribution is 2.31. The topological polar surface area (TPSA) is 17.1 Å². The molecule has 0 aliphatic heterocycles. The smallest absolute Gasteiger partial charge is 0.160 e. The van der Waals surface area contributed by atoms with Gasteiger partial charge in [0, 0.05) is 4.88 Å². The van der Waals surface area contributed by atoms with Crippen LogP contribution in [0, 0.1) is 0 Å². The lowest BCUT2D eigenvalue weighted by Crippen LogP contribution is -1.90. The first kappa shape index (κ1) is 12.8. The van der Waals surface area contributed by atoms with Crippen LogP contribution in [0.1, 0.15) is 20.8 Å². The van der Waals surface area contributed by atoms with Crippen LogP contribution in [-0.4, -0.2) is 6.29 Å². The van der Waals surface area contributed by atoms with Crippen molar-refractivity contribution in [2.45, 2.75) is 6.42 Å². The normalized spacial score (nSPS) is 10.4. The standard InChI is InChI=1S/C18H14OS/c19-13-16-10-11-18(20-16)17-9-5-4-8-15(17)12-14-6-2-1-3-7-14/h1-11,13H,12H2. The predicted molar refractivity (Wildman–Crippen MR) is 84.4 cm³/mol. The monoisotopic (exact) mass is 278 g/mol. The van der Waals surface area contributed by atoms with Gasteiger partial charge in [-0.15, -0.1) is 11.3 Å². The first-order valence-electron chi connectivity index (χ1n) is 6.54. The Morgan fingerprint density at radius 1 is 0.850 bits per heavy atom. The van der Waals surface area contributed by atoms with Crippen LogP contribution in [0.4, 0.5) is 0 Å². The van der Waals surface area contributed by atoms with Crippen LogP contribution in [0.2, 0.25) is 0 Å². The first-order valence-corrected chi connectivity index (χ1v) is 7.35. The average Bonchev–Trinajstić information content (AvgIpc) is 2.98. The van der Waals surface area contributed by atoms with E-state index in [1.807, 2.05) is 24.3 Å². The summed E-state index contributed by atoms with van der Waals surface area (Å²) in [4.78, 5) is 12.8. The molecule has 0 bridgehead atoms. The van der Waals surface area contributed by atoms with Gasteiger partial charge < -0.3 is 0 Å². The molecule has 3 aromatic rings. The number of benzene rings is 2. The fraction of sp³-hybridized carbons (Fsp3) is 0.0556. The van der Waals surface area contributed by atoms with Gasteiger partial charge in [-0.05, 0) is 35.2 Å². The molecule has 0 atom stereocenters. The van der Waals surface area contributed by atoms with Crippen molar-refractivity contribution in [2.75, 3.05) is 0 Å². The molecule has 0 saturated heterocycles. The van der Waals surface area contributed by atoms with E-state index in [1.165, 1.54) is 16.7 Å². The van der Waals surface area contributed by atoms with E-state index in [-0.39, 0.29) is 0 Å². The van der Waals surface area contributed by atoms with Gasteiger partial charge in [-0.25, -0.2) is 0 Å². The molecule has 20 heavy (non-hydrogen) atoms. The Morgan fingerprint density at radius 3 is 2.35 bits per heavy atom. The zero-order valence-electron chi connectivity index (χ0n) is 11.0. The Kier molecular flexibility index (Phi) is 3.75. The highest BCUT2D eigenvalue weighted by atomic mass is 32.1. The maximum atomic E-state index is 10.8. The van der Waals surface area contributed by atoms with E-state index in [4.69, 9.17) is 0 Å². The van der Waals surface area contributed by atoms with Gasteiger partial charge in [-0.3, -0.25) is 4.79 Å². The molecule has 3 rings (SSSR count). The minimum atomic E-state index is 0.773. The zero-order valence-corrected chi connectivity index (χ0v) is 11.8. The third-order valence-electron chi connectivity index (χ3n) is 3.26. The zero-order chi connectivity index (χ0) is 13.8. The SMILES string of the molecule is O=Cc1ccc(-c2ccccc2Cc2ccccc2)s1. The van der Waals surface area contributed by atoms with Crippen molar-refractivity contribution in [1.82, 2.24) is 0 Å². The lowest BCUT2D eigenvalue weighted by atomic mass is 9.99. The molecule has 0 fully saturated rings. The van der Waals surface area contributed by atoms with Crippen molar-refractivity contribution in [3.8, 4) is 10.4 Å². The van der Waals surface area contributed by atoms with Gasteiger partial charge in [-0.2, -0.15) is 0 Å². The fourth-order valence-corrected chi connectivity index (χ4v) is 3.17. The van der Waals surface area contributed by atoms with Crippen LogP contribution in [0.5, 0.6) is 0 Å². The van der Waals surface area contributed by atoms with Crippen LogP contribution in [0.15, 0.2) is 66.7 Å². The Hall–Kier alpha value is -2.19. The second kappa shape index (κ2) is 5.85. The Labute approximate surface area is 122 Å². The van der Waals surface area contributed by atoms with Crippen LogP contribution in [-0.2, 0) is 6.42 Å². The van der Waals surface area contributed by atoms with E-state index in [9.17, 15) is 4.79 Å². The molecular formula is C18H14OS. The van der Waals surface area contributed by atoms with Crippen LogP contribution in [0.3, 0.4) is 0 Å². The van der Waals surface area contributed by atoms with Crippen molar-refractivity contribution < 1.29 is 4.79 Å². The van der Waals surface area contributed by atoms with E-state index < -0.39 is 0 Å². The van der Waals surface area contributed by atoms with Crippen LogP contribution >= 0.6 is 11.3 Å². The average molecular weight is 278 g/mol. The molecule has 2 aromatic carbocycles. The number of thiophene rings is 1. The van der Waals surface area contributed by atoms with Crippen molar-refractivity contribution in [1.29, 1.82) is 0 Å². The summed E-state index contributed by atoms with van der Waals surface area (Å²) in [5.41, 5.74) is 3.81. The largest absolute Gasteiger partial charge is 0.297 e. The molecule has 0 radical (unpaired) electrons. The number of aldehydes is 1. The molecule has 0 amide bonds. The van der Waals surface area contributed by atoms with Gasteiger partial charge in [-0.1, -0.05) is 54.6 Å². The van der Waals surface area contributed by atoms with E-state index in [1.54, 1.807) is 11.3 Å². The predicted octanol–water partition coefficient (Wildman–Crippen LogP) is 4.82. The Morgan fingerprint density at radius 2 is 1.60 bits per heavy atom. The minimum absolute atomic E-state index is 0.773. The van der Waals surface area contributed by atoms with E-state index in [0.29, 0.717) is 0 Å². The number of carbonyl (C=O) groups excluding carboxylic acids is 1. The Bertz CT molecular complexity index is 713. The summed E-state index contributed by atoms with van der Waals surface area (Å²) in [6, 6.07) is 22.7. The fourth-order valence-electron chi connectivity index (χ4n) is 2.29. The summed E-state index contributed by atoms with van der Waals surface area (Å²) in [5.74, 6) is 0. The van der Waals surface area contributed by atoms with Crippen molar-refractivity contribution in [3.63, 3.8) is 0 Å². The maximum Gasteiger partial charge on any atom is 0.160 e. The second-order valence-electron chi connectivity index (χ2n) is 4.64. The summed E-state index contributed by atoms with van der Waals surface area (Å²) in [7, 11) is 0. The van der Waals surface area contributed by atoms with Gasteiger partial charge in [0.2, 0.25) is 0 Å². The Balaban J connectivity index is 1.98. The summed E-state index contributed by atoms with van der Waals surface area (Å²) in [6.45, 7) is 0. The third kappa shape index (κ3) is 2.70. The highest BCUT2D eigenvalue weighted by molar-refractivity contribution is 7.17. The van der Waals surface area contributed by atoms with Crippen molar-refractivity contribution >= 4 is 17.6 Å². The molecule has 0 aliphatic carbocycles. The van der Waals surface area contributed by atoms with E-state index in [0.717, 1.165) is 22.5 Å². The van der Waals surface area contributed by atoms with E-state index in [2.05, 4.69) is 42.5 Å². The summed E-state index contributed by atoms with van der Waals surface area (Å²) in [5, 5.41) is 0. The van der Waals surface area contributed by atoms with Crippen LogP contribution < -0.4 is 0 Å². The molecular weight excluding hydrogens is 264 g/mol. The van der Waals surface area contributed by atoms with Gasteiger partial charge in [0.05, 0.1) is 4.88 Å². The van der Waals surface area contributed by atoms with Gasteiger partial charge >= 0.3 is 0 Å². The lowest BCUT2D eigenvalue weighted by molar-refractivity contribution is 0.112. The number of rotatable bonds is 4. The molecule has 0 N–H and O–H groups in total. The first-order chi connectivity index (χ1) is 9.86. The number of carbonyl (C=O) groups is 1. The summed E-state index contributed by atoms with van der Waals surface area (Å²) < 4.78 is 0. The number of hydrogen-bond acceptors (Lipinski definition) is 2. The molecule has 0 unspecified atom stereocenters. The third-order valence-corrected chi connectivity index (χ3v) is 4.31. The van der Waals surface area contributed by atoms with Gasteiger partial charge in [0.15, 0.2) is 6.29 Å². The summed E-state index contributed by atoms with van der Waals surface area (Å²) >= 11 is 1.54. The highest BCUT2D eigenvalue weighted by Gasteiger charge is 2.08. The second-order valence-corrected chi connectivity index (χ2v) is 5.75. The molecule has 0 spiro atoms. The maximum absolute atomic E-state index is 10.8. The van der Waals surface area contributed by atoms with E-state index >= 15 is 0 Å². The van der Waals surface area contributed by atoms with Crippen LogP contribution in [0.25, 0.3) is 10.4 Å². The molecule has 0 saturated carbocycles. The molecule has 98 valence electrons. The van der Waals surface area contributed by atoms with Gasteiger partial charge in [0.1, 0.15) is 0 Å². The molecule has 1 heterocycles. The molecule has 1 aromatic heterocycles. The molecule has 2 heteroatoms. The van der Waals surface area contributed by atoms with Crippen molar-refractivity contribution in [2.24, 2.45) is 0 Å². The summed E-state index contributed by atoms with van der Waals surface area (Å²) in [6.07, 6.45) is 1.82. The number of hydrogen-bond donors (Lipinski definition) is 0. The van der Waals surface area contributed by atoms with Gasteiger partial charge in [0.25, 0.3) is 0 Å². The quantitative estimate of drug-likeness (QED) is 0.625. The van der Waals surface area contributed by atoms with Crippen molar-refractivity contribution in [3.05, 3.63) is 82.7 Å². The molecule has 0 aliphatic rings. The lowest BCUT2D eigenvalue weighted by Gasteiger charge is -2.08. The minimum Gasteiger partial charge on any atom is -0.297 e. The molecule has 1 nitrogen and oxygen atoms in total.